The summed E-state index contributed by atoms with van der Waals surface area (Å²) < 4.78 is 0. The van der Waals surface area contributed by atoms with E-state index >= 15 is 0 Å². The Kier molecular flexibility index (Phi) is 9.14. The van der Waals surface area contributed by atoms with Gasteiger partial charge in [0.25, 0.3) is 0 Å². The third-order valence-electron chi connectivity index (χ3n) is 4.60. The lowest BCUT2D eigenvalue weighted by atomic mass is 9.93. The molecule has 1 aromatic carbocycles. The fraction of sp³-hybridized carbons (Fsp3) is 0.579. The van der Waals surface area contributed by atoms with Gasteiger partial charge in [0.15, 0.2) is 5.96 Å². The second-order valence-corrected chi connectivity index (χ2v) is 7.10. The van der Waals surface area contributed by atoms with Crippen molar-refractivity contribution >= 4 is 41.5 Å². The molecule has 0 aromatic heterocycles. The molecule has 0 radical (unpaired) electrons. The van der Waals surface area contributed by atoms with Gasteiger partial charge in [0.1, 0.15) is 5.75 Å². The van der Waals surface area contributed by atoms with Crippen LogP contribution in [0.3, 0.4) is 0 Å². The number of carbonyl (C=O) groups excluding carboxylic acids is 1. The van der Waals surface area contributed by atoms with Crippen molar-refractivity contribution in [2.45, 2.75) is 20.8 Å². The monoisotopic (exact) mass is 489 g/mol. The van der Waals surface area contributed by atoms with E-state index in [1.807, 2.05) is 39.0 Å². The molecule has 0 atom stereocenters. The summed E-state index contributed by atoms with van der Waals surface area (Å²) in [7, 11) is 1.65. The second kappa shape index (κ2) is 10.6. The minimum absolute atomic E-state index is 0. The molecule has 0 aliphatic carbocycles. The molecule has 0 unspecified atom stereocenters. The highest BCUT2D eigenvalue weighted by Gasteiger charge is 2.27. The van der Waals surface area contributed by atoms with E-state index in [0.29, 0.717) is 12.3 Å². The SMILES string of the molecule is CCNC(=NCC(C)(C)C(=O)NC)N1CCN(c2ccccc2O)CC1.I. The molecular weight excluding hydrogens is 457 g/mol. The van der Waals surface area contributed by atoms with Gasteiger partial charge >= 0.3 is 0 Å². The van der Waals surface area contributed by atoms with Crippen LogP contribution in [0.2, 0.25) is 0 Å². The Bertz CT molecular complexity index is 643. The molecule has 2 rings (SSSR count). The van der Waals surface area contributed by atoms with Crippen molar-refractivity contribution in [2.24, 2.45) is 10.4 Å². The van der Waals surface area contributed by atoms with E-state index in [9.17, 15) is 9.90 Å². The lowest BCUT2D eigenvalue weighted by Crippen LogP contribution is -2.53. The highest BCUT2D eigenvalue weighted by Crippen LogP contribution is 2.27. The number of carbonyl (C=O) groups is 1. The summed E-state index contributed by atoms with van der Waals surface area (Å²) in [5, 5.41) is 16.1. The largest absolute Gasteiger partial charge is 0.506 e. The molecule has 0 saturated carbocycles. The number of halogens is 1. The topological polar surface area (TPSA) is 80.2 Å². The van der Waals surface area contributed by atoms with Gasteiger partial charge in [-0.15, -0.1) is 24.0 Å². The maximum Gasteiger partial charge on any atom is 0.227 e. The van der Waals surface area contributed by atoms with E-state index in [1.54, 1.807) is 13.1 Å². The van der Waals surface area contributed by atoms with Crippen LogP contribution in [0.25, 0.3) is 0 Å². The Morgan fingerprint density at radius 2 is 1.85 bits per heavy atom. The van der Waals surface area contributed by atoms with Gasteiger partial charge in [-0.2, -0.15) is 0 Å². The number of hydrogen-bond donors (Lipinski definition) is 3. The molecule has 1 aliphatic heterocycles. The number of guanidine groups is 1. The molecule has 1 aliphatic rings. The lowest BCUT2D eigenvalue weighted by Gasteiger charge is -2.38. The molecular formula is C19H32IN5O2. The van der Waals surface area contributed by atoms with Crippen molar-refractivity contribution in [3.63, 3.8) is 0 Å². The summed E-state index contributed by atoms with van der Waals surface area (Å²) in [6.07, 6.45) is 0. The van der Waals surface area contributed by atoms with Gasteiger partial charge in [-0.3, -0.25) is 9.79 Å². The van der Waals surface area contributed by atoms with Crippen LogP contribution in [0.5, 0.6) is 5.75 Å². The van der Waals surface area contributed by atoms with Crippen LogP contribution < -0.4 is 15.5 Å². The average Bonchev–Trinajstić information content (AvgIpc) is 2.65. The Labute approximate surface area is 179 Å². The molecule has 1 fully saturated rings. The zero-order chi connectivity index (χ0) is 19.2. The molecule has 152 valence electrons. The van der Waals surface area contributed by atoms with Crippen LogP contribution >= 0.6 is 24.0 Å². The number of amides is 1. The van der Waals surface area contributed by atoms with Crippen molar-refractivity contribution in [1.29, 1.82) is 0 Å². The van der Waals surface area contributed by atoms with Gasteiger partial charge in [-0.25, -0.2) is 0 Å². The summed E-state index contributed by atoms with van der Waals surface area (Å²) in [5.74, 6) is 1.14. The standard InChI is InChI=1S/C19H31N5O2.HI/c1-5-21-18(22-14-19(2,3)17(26)20-4)24-12-10-23(11-13-24)15-8-6-7-9-16(15)25;/h6-9,25H,5,10-14H2,1-4H3,(H,20,26)(H,21,22);1H. The van der Waals surface area contributed by atoms with Gasteiger partial charge in [-0.05, 0) is 32.9 Å². The Morgan fingerprint density at radius 3 is 2.41 bits per heavy atom. The quantitative estimate of drug-likeness (QED) is 0.335. The molecule has 1 aromatic rings. The fourth-order valence-corrected chi connectivity index (χ4v) is 3.00. The number of para-hydroxylation sites is 2. The number of piperazine rings is 1. The maximum atomic E-state index is 12.0. The number of aliphatic imine (C=N–C) groups is 1. The van der Waals surface area contributed by atoms with Crippen molar-refractivity contribution in [2.75, 3.05) is 51.2 Å². The predicted octanol–water partition coefficient (Wildman–Crippen LogP) is 1.87. The minimum atomic E-state index is -0.549. The molecule has 1 saturated heterocycles. The summed E-state index contributed by atoms with van der Waals surface area (Å²) >= 11 is 0. The number of nitrogens with one attached hydrogen (secondary N) is 2. The second-order valence-electron chi connectivity index (χ2n) is 7.10. The lowest BCUT2D eigenvalue weighted by molar-refractivity contribution is -0.128. The number of phenols is 1. The highest BCUT2D eigenvalue weighted by atomic mass is 127. The average molecular weight is 489 g/mol. The Balaban J connectivity index is 0.00000364. The number of anilines is 1. The molecule has 8 heteroatoms. The van der Waals surface area contributed by atoms with Crippen molar-refractivity contribution < 1.29 is 9.90 Å². The molecule has 1 amide bonds. The highest BCUT2D eigenvalue weighted by molar-refractivity contribution is 14.0. The van der Waals surface area contributed by atoms with Gasteiger partial charge < -0.3 is 25.5 Å². The van der Waals surface area contributed by atoms with E-state index in [1.165, 1.54) is 0 Å². The normalized spacial score (nSPS) is 15.2. The molecule has 1 heterocycles. The van der Waals surface area contributed by atoms with Gasteiger partial charge in [0, 0.05) is 39.8 Å². The van der Waals surface area contributed by atoms with Crippen molar-refractivity contribution in [1.82, 2.24) is 15.5 Å². The summed E-state index contributed by atoms with van der Waals surface area (Å²) in [6, 6.07) is 7.43. The zero-order valence-electron chi connectivity index (χ0n) is 16.7. The van der Waals surface area contributed by atoms with Crippen LogP contribution in [-0.4, -0.2) is 68.2 Å². The fourth-order valence-electron chi connectivity index (χ4n) is 3.00. The first-order valence-electron chi connectivity index (χ1n) is 9.17. The Hall–Kier alpha value is -1.71. The predicted molar refractivity (Wildman–Crippen MR) is 121 cm³/mol. The third kappa shape index (κ3) is 6.15. The smallest absolute Gasteiger partial charge is 0.227 e. The number of benzene rings is 1. The number of hydrogen-bond acceptors (Lipinski definition) is 4. The number of nitrogens with zero attached hydrogens (tertiary/aromatic N) is 3. The van der Waals surface area contributed by atoms with Crippen LogP contribution in [0.15, 0.2) is 29.3 Å². The number of rotatable bonds is 5. The molecule has 0 spiro atoms. The summed E-state index contributed by atoms with van der Waals surface area (Å²) in [6.45, 7) is 10.3. The summed E-state index contributed by atoms with van der Waals surface area (Å²) in [4.78, 5) is 21.1. The first-order chi connectivity index (χ1) is 12.4. The van der Waals surface area contributed by atoms with E-state index in [-0.39, 0.29) is 29.9 Å². The first-order valence-corrected chi connectivity index (χ1v) is 9.17. The van der Waals surface area contributed by atoms with E-state index in [4.69, 9.17) is 4.99 Å². The molecule has 0 bridgehead atoms. The molecule has 7 nitrogen and oxygen atoms in total. The third-order valence-corrected chi connectivity index (χ3v) is 4.60. The van der Waals surface area contributed by atoms with Gasteiger partial charge in [0.2, 0.25) is 5.91 Å². The first kappa shape index (κ1) is 23.3. The van der Waals surface area contributed by atoms with Gasteiger partial charge in [0.05, 0.1) is 17.6 Å². The van der Waals surface area contributed by atoms with Crippen molar-refractivity contribution in [3.05, 3.63) is 24.3 Å². The van der Waals surface area contributed by atoms with Gasteiger partial charge in [-0.1, -0.05) is 12.1 Å². The zero-order valence-corrected chi connectivity index (χ0v) is 19.0. The van der Waals surface area contributed by atoms with Crippen LogP contribution in [-0.2, 0) is 4.79 Å². The number of phenolic OH excluding ortho intramolecular Hbond substituents is 1. The van der Waals surface area contributed by atoms with Crippen molar-refractivity contribution in [3.8, 4) is 5.75 Å². The van der Waals surface area contributed by atoms with E-state index < -0.39 is 5.41 Å². The molecule has 27 heavy (non-hydrogen) atoms. The van der Waals surface area contributed by atoms with Crippen LogP contribution in [0.1, 0.15) is 20.8 Å². The minimum Gasteiger partial charge on any atom is -0.506 e. The summed E-state index contributed by atoms with van der Waals surface area (Å²) in [5.41, 5.74) is 0.322. The van der Waals surface area contributed by atoms with E-state index in [2.05, 4.69) is 20.4 Å². The number of aromatic hydroxyl groups is 1. The molecule has 3 N–H and O–H groups in total. The van der Waals surface area contributed by atoms with Crippen LogP contribution in [0, 0.1) is 5.41 Å². The van der Waals surface area contributed by atoms with Crippen LogP contribution in [0.4, 0.5) is 5.69 Å². The van der Waals surface area contributed by atoms with E-state index in [0.717, 1.165) is 44.4 Å². The maximum absolute atomic E-state index is 12.0. The Morgan fingerprint density at radius 1 is 1.22 bits per heavy atom.